The van der Waals surface area contributed by atoms with Crippen LogP contribution in [0.1, 0.15) is 234 Å². The van der Waals surface area contributed by atoms with Gasteiger partial charge in [0.15, 0.2) is 0 Å². The van der Waals surface area contributed by atoms with Crippen LogP contribution in [0, 0.1) is 10.8 Å². The van der Waals surface area contributed by atoms with Gasteiger partial charge in [0.1, 0.15) is 0 Å². The van der Waals surface area contributed by atoms with Gasteiger partial charge >= 0.3 is 23.9 Å². The number of carboxylic acids is 2. The normalized spacial score (nSPS) is 11.5. The van der Waals surface area contributed by atoms with Gasteiger partial charge in [-0.2, -0.15) is 0 Å². The summed E-state index contributed by atoms with van der Waals surface area (Å²) < 4.78 is 0. The van der Waals surface area contributed by atoms with Crippen LogP contribution in [0.25, 0.3) is 0 Å². The van der Waals surface area contributed by atoms with Gasteiger partial charge in [0.2, 0.25) is 0 Å². The summed E-state index contributed by atoms with van der Waals surface area (Å²) in [5, 5.41) is 23.5. The molecule has 0 atom stereocenters. The SMILES string of the molecule is CCCCCCCCCCC(CCCC)(CCCC)C(=O)[O-].CCCCCCCCCCC(CCCC)(CCCC)C(=O)[O-].[Sn+2]. The maximum absolute atomic E-state index is 11.8. The summed E-state index contributed by atoms with van der Waals surface area (Å²) in [5.74, 6) is -1.59. The monoisotopic (exact) mass is 742 g/mol. The van der Waals surface area contributed by atoms with Gasteiger partial charge < -0.3 is 19.8 Å². The minimum absolute atomic E-state index is 0. The summed E-state index contributed by atoms with van der Waals surface area (Å²) in [5.41, 5.74) is -1.09. The Bertz CT molecular complexity index is 566. The fourth-order valence-electron chi connectivity index (χ4n) is 6.62. The minimum Gasteiger partial charge on any atom is -0.550 e. The number of carboxylic acid groups (broad SMARTS) is 2. The molecule has 0 aliphatic carbocycles. The summed E-state index contributed by atoms with van der Waals surface area (Å²) in [4.78, 5) is 23.5. The molecule has 0 bridgehead atoms. The Morgan fingerprint density at radius 2 is 0.511 bits per heavy atom. The number of rotatable bonds is 32. The van der Waals surface area contributed by atoms with Crippen LogP contribution in [0.2, 0.25) is 0 Å². The molecule has 45 heavy (non-hydrogen) atoms. The van der Waals surface area contributed by atoms with Gasteiger partial charge in [-0.25, -0.2) is 0 Å². The molecule has 0 aromatic rings. The minimum atomic E-state index is -0.794. The number of unbranched alkanes of at least 4 members (excludes halogenated alkanes) is 18. The van der Waals surface area contributed by atoms with E-state index in [2.05, 4.69) is 41.5 Å². The predicted octanol–water partition coefficient (Wildman–Crippen LogP) is 10.9. The Balaban J connectivity index is -0.000000767. The zero-order valence-electron chi connectivity index (χ0n) is 31.3. The summed E-state index contributed by atoms with van der Waals surface area (Å²) in [6.45, 7) is 13.0. The molecule has 5 heteroatoms. The molecular formula is C40H78O4Sn. The van der Waals surface area contributed by atoms with Gasteiger partial charge in [0.05, 0.1) is 0 Å². The van der Waals surface area contributed by atoms with E-state index >= 15 is 0 Å². The van der Waals surface area contributed by atoms with E-state index in [-0.39, 0.29) is 23.9 Å². The van der Waals surface area contributed by atoms with Gasteiger partial charge in [-0.15, -0.1) is 0 Å². The van der Waals surface area contributed by atoms with Crippen molar-refractivity contribution in [1.82, 2.24) is 0 Å². The van der Waals surface area contributed by atoms with E-state index in [4.69, 9.17) is 0 Å². The number of hydrogen-bond acceptors (Lipinski definition) is 4. The molecule has 0 saturated carbocycles. The molecule has 266 valence electrons. The Kier molecular flexibility index (Phi) is 38.3. The van der Waals surface area contributed by atoms with Crippen LogP contribution in [0.4, 0.5) is 0 Å². The van der Waals surface area contributed by atoms with Gasteiger partial charge in [0.25, 0.3) is 0 Å². The number of carbonyl (C=O) groups is 2. The van der Waals surface area contributed by atoms with Crippen molar-refractivity contribution in [1.29, 1.82) is 0 Å². The van der Waals surface area contributed by atoms with Crippen molar-refractivity contribution < 1.29 is 19.8 Å². The standard InChI is InChI=1S/2C20H40O2.Sn/c2*1-4-7-10-11-12-13-14-15-18-20(19(21)22,16-8-5-2)17-9-6-3;/h2*4-18H2,1-3H3,(H,21,22);/q;;+2/p-2. The maximum atomic E-state index is 11.8. The average molecular weight is 742 g/mol. The van der Waals surface area contributed by atoms with Crippen LogP contribution in [-0.2, 0) is 9.59 Å². The van der Waals surface area contributed by atoms with E-state index in [0.29, 0.717) is 0 Å². The fraction of sp³-hybridized carbons (Fsp3) is 0.950. The average Bonchev–Trinajstić information content (AvgIpc) is 3.01. The van der Waals surface area contributed by atoms with E-state index in [1.54, 1.807) is 0 Å². The third-order valence-electron chi connectivity index (χ3n) is 9.92. The number of carbonyl (C=O) groups excluding carboxylic acids is 2. The van der Waals surface area contributed by atoms with Crippen molar-refractivity contribution in [2.45, 2.75) is 234 Å². The first-order valence-electron chi connectivity index (χ1n) is 19.7. The molecule has 0 aromatic heterocycles. The van der Waals surface area contributed by atoms with Crippen molar-refractivity contribution in [3.8, 4) is 0 Å². The van der Waals surface area contributed by atoms with Crippen molar-refractivity contribution in [3.05, 3.63) is 0 Å². The fourth-order valence-corrected chi connectivity index (χ4v) is 6.62. The van der Waals surface area contributed by atoms with Gasteiger partial charge in [-0.3, -0.25) is 0 Å². The Morgan fingerprint density at radius 3 is 0.711 bits per heavy atom. The summed E-state index contributed by atoms with van der Waals surface area (Å²) in [7, 11) is 0. The van der Waals surface area contributed by atoms with Crippen molar-refractivity contribution >= 4 is 35.8 Å². The maximum Gasteiger partial charge on any atom is 2.00 e. The molecule has 0 aromatic carbocycles. The van der Waals surface area contributed by atoms with Crippen molar-refractivity contribution in [3.63, 3.8) is 0 Å². The van der Waals surface area contributed by atoms with Crippen molar-refractivity contribution in [2.24, 2.45) is 10.8 Å². The summed E-state index contributed by atoms with van der Waals surface area (Å²) >= 11 is 0. The van der Waals surface area contributed by atoms with Gasteiger partial charge in [0, 0.05) is 22.8 Å². The van der Waals surface area contributed by atoms with Crippen molar-refractivity contribution in [2.75, 3.05) is 0 Å². The third kappa shape index (κ3) is 26.4. The topological polar surface area (TPSA) is 80.3 Å². The molecule has 0 amide bonds. The largest absolute Gasteiger partial charge is 2.00 e. The molecule has 0 rings (SSSR count). The van der Waals surface area contributed by atoms with E-state index in [1.165, 1.54) is 89.9 Å². The first-order valence-corrected chi connectivity index (χ1v) is 19.7. The predicted molar refractivity (Wildman–Crippen MR) is 193 cm³/mol. The second-order valence-electron chi connectivity index (χ2n) is 14.0. The van der Waals surface area contributed by atoms with Crippen LogP contribution in [0.5, 0.6) is 0 Å². The van der Waals surface area contributed by atoms with E-state index in [1.807, 2.05) is 0 Å². The molecule has 0 spiro atoms. The second kappa shape index (κ2) is 35.1. The Morgan fingerprint density at radius 1 is 0.333 bits per heavy atom. The van der Waals surface area contributed by atoms with E-state index in [0.717, 1.165) is 103 Å². The van der Waals surface area contributed by atoms with E-state index < -0.39 is 22.8 Å². The smallest absolute Gasteiger partial charge is 0.550 e. The molecule has 4 nitrogen and oxygen atoms in total. The zero-order chi connectivity index (χ0) is 33.4. The Labute approximate surface area is 299 Å². The third-order valence-corrected chi connectivity index (χ3v) is 9.92. The molecule has 0 unspecified atom stereocenters. The van der Waals surface area contributed by atoms with Crippen LogP contribution in [-0.4, -0.2) is 35.8 Å². The van der Waals surface area contributed by atoms with Gasteiger partial charge in [-0.1, -0.05) is 196 Å². The molecule has 0 aliphatic rings. The van der Waals surface area contributed by atoms with Crippen LogP contribution < -0.4 is 10.2 Å². The molecule has 0 heterocycles. The van der Waals surface area contributed by atoms with E-state index in [9.17, 15) is 19.8 Å². The van der Waals surface area contributed by atoms with Gasteiger partial charge in [-0.05, 0) is 38.5 Å². The Hall–Kier alpha value is -0.261. The number of hydrogen-bond donors (Lipinski definition) is 0. The summed E-state index contributed by atoms with van der Waals surface area (Å²) in [6, 6.07) is 0. The molecule has 0 N–H and O–H groups in total. The zero-order valence-corrected chi connectivity index (χ0v) is 34.2. The number of aliphatic carboxylic acids is 2. The van der Waals surface area contributed by atoms with Crippen LogP contribution in [0.15, 0.2) is 0 Å². The molecule has 0 fully saturated rings. The quantitative estimate of drug-likeness (QED) is 0.0508. The molecule has 0 aliphatic heterocycles. The molecule has 2 radical (unpaired) electrons. The molecular weight excluding hydrogens is 663 g/mol. The summed E-state index contributed by atoms with van der Waals surface area (Å²) in [6.07, 6.45) is 33.5. The molecule has 0 saturated heterocycles. The first-order chi connectivity index (χ1) is 21.3. The first kappa shape index (κ1) is 49.1. The van der Waals surface area contributed by atoms with Crippen LogP contribution >= 0.6 is 0 Å². The second-order valence-corrected chi connectivity index (χ2v) is 14.0. The van der Waals surface area contributed by atoms with Crippen LogP contribution in [0.3, 0.4) is 0 Å².